The van der Waals surface area contributed by atoms with Crippen LogP contribution in [0.15, 0.2) is 34.7 Å². The number of amides is 1. The number of rotatable bonds is 5. The molecule has 1 aromatic carbocycles. The molecule has 1 atom stereocenters. The van der Waals surface area contributed by atoms with Crippen LogP contribution in [-0.4, -0.2) is 12.5 Å². The van der Waals surface area contributed by atoms with Crippen LogP contribution in [0, 0.1) is 19.7 Å². The molecule has 2 aromatic rings. The van der Waals surface area contributed by atoms with E-state index in [2.05, 4.69) is 10.6 Å². The Balaban J connectivity index is 1.88. The van der Waals surface area contributed by atoms with E-state index in [4.69, 9.17) is 4.42 Å². The number of carbonyl (C=O) groups excluding carboxylic acids is 1. The van der Waals surface area contributed by atoms with Crippen LogP contribution < -0.4 is 10.6 Å². The topological polar surface area (TPSA) is 54.3 Å². The minimum absolute atomic E-state index is 0.000657. The minimum Gasteiger partial charge on any atom is -0.466 e. The molecule has 0 spiro atoms. The number of hydrogen-bond acceptors (Lipinski definition) is 3. The zero-order chi connectivity index (χ0) is 15.4. The third-order valence-electron chi connectivity index (χ3n) is 3.22. The van der Waals surface area contributed by atoms with Crippen LogP contribution in [0.25, 0.3) is 0 Å². The monoisotopic (exact) mass is 290 g/mol. The number of halogens is 1. The second kappa shape index (κ2) is 6.54. The van der Waals surface area contributed by atoms with Gasteiger partial charge in [-0.15, -0.1) is 0 Å². The van der Waals surface area contributed by atoms with Gasteiger partial charge in [-0.1, -0.05) is 6.07 Å². The van der Waals surface area contributed by atoms with Gasteiger partial charge in [-0.05, 0) is 45.0 Å². The Morgan fingerprint density at radius 1 is 1.33 bits per heavy atom. The lowest BCUT2D eigenvalue weighted by Gasteiger charge is -2.13. The maximum atomic E-state index is 13.0. The summed E-state index contributed by atoms with van der Waals surface area (Å²) < 4.78 is 18.5. The smallest absolute Gasteiger partial charge is 0.238 e. The van der Waals surface area contributed by atoms with Gasteiger partial charge in [-0.3, -0.25) is 4.79 Å². The summed E-state index contributed by atoms with van der Waals surface area (Å²) in [5.74, 6) is 1.10. The van der Waals surface area contributed by atoms with E-state index in [-0.39, 0.29) is 24.3 Å². The van der Waals surface area contributed by atoms with Gasteiger partial charge in [0.05, 0.1) is 6.54 Å². The van der Waals surface area contributed by atoms with Gasteiger partial charge < -0.3 is 15.1 Å². The third-order valence-corrected chi connectivity index (χ3v) is 3.22. The van der Waals surface area contributed by atoms with E-state index in [0.29, 0.717) is 5.69 Å². The maximum Gasteiger partial charge on any atom is 0.238 e. The van der Waals surface area contributed by atoms with E-state index in [1.807, 2.05) is 26.8 Å². The van der Waals surface area contributed by atoms with Gasteiger partial charge in [0.25, 0.3) is 0 Å². The molecule has 0 saturated carbocycles. The zero-order valence-corrected chi connectivity index (χ0v) is 12.4. The minimum atomic E-state index is -0.376. The van der Waals surface area contributed by atoms with E-state index in [9.17, 15) is 9.18 Å². The van der Waals surface area contributed by atoms with E-state index < -0.39 is 0 Å². The van der Waals surface area contributed by atoms with Crippen molar-refractivity contribution in [2.45, 2.75) is 26.8 Å². The third kappa shape index (κ3) is 4.16. The lowest BCUT2D eigenvalue weighted by Crippen LogP contribution is -2.30. The first-order valence-corrected chi connectivity index (χ1v) is 6.81. The second-order valence-corrected chi connectivity index (χ2v) is 5.03. The lowest BCUT2D eigenvalue weighted by atomic mass is 10.1. The van der Waals surface area contributed by atoms with Crippen molar-refractivity contribution in [1.29, 1.82) is 0 Å². The zero-order valence-electron chi connectivity index (χ0n) is 12.4. The van der Waals surface area contributed by atoms with E-state index in [0.717, 1.165) is 17.1 Å². The summed E-state index contributed by atoms with van der Waals surface area (Å²) in [6.45, 7) is 5.89. The Morgan fingerprint density at radius 3 is 2.71 bits per heavy atom. The number of carbonyl (C=O) groups is 1. The summed E-state index contributed by atoms with van der Waals surface area (Å²) in [6, 6.07) is 7.77. The van der Waals surface area contributed by atoms with E-state index in [1.165, 1.54) is 12.1 Å². The van der Waals surface area contributed by atoms with Gasteiger partial charge in [0.15, 0.2) is 0 Å². The molecule has 0 aliphatic carbocycles. The van der Waals surface area contributed by atoms with Crippen LogP contribution in [0.2, 0.25) is 0 Å². The molecule has 5 heteroatoms. The first-order valence-electron chi connectivity index (χ1n) is 6.81. The molecular weight excluding hydrogens is 271 g/mol. The molecule has 0 bridgehead atoms. The molecular formula is C16H19FN2O2. The summed E-state index contributed by atoms with van der Waals surface area (Å²) in [5.41, 5.74) is 1.48. The second-order valence-electron chi connectivity index (χ2n) is 5.03. The fourth-order valence-electron chi connectivity index (χ4n) is 2.21. The quantitative estimate of drug-likeness (QED) is 0.888. The highest BCUT2D eigenvalue weighted by molar-refractivity contribution is 5.92. The summed E-state index contributed by atoms with van der Waals surface area (Å²) >= 11 is 0. The van der Waals surface area contributed by atoms with Crippen molar-refractivity contribution in [2.75, 3.05) is 11.9 Å². The normalized spacial score (nSPS) is 12.2. The van der Waals surface area contributed by atoms with Crippen molar-refractivity contribution in [3.8, 4) is 0 Å². The molecule has 0 aliphatic heterocycles. The highest BCUT2D eigenvalue weighted by atomic mass is 19.1. The fourth-order valence-corrected chi connectivity index (χ4v) is 2.21. The molecule has 2 N–H and O–H groups in total. The Hall–Kier alpha value is -2.14. The van der Waals surface area contributed by atoms with Crippen molar-refractivity contribution in [3.05, 3.63) is 53.2 Å². The number of benzene rings is 1. The molecule has 0 aliphatic rings. The van der Waals surface area contributed by atoms with E-state index in [1.54, 1.807) is 12.1 Å². The Bertz CT molecular complexity index is 637. The first-order chi connectivity index (χ1) is 9.95. The van der Waals surface area contributed by atoms with Crippen LogP contribution in [0.5, 0.6) is 0 Å². The van der Waals surface area contributed by atoms with Crippen molar-refractivity contribution in [3.63, 3.8) is 0 Å². The van der Waals surface area contributed by atoms with Gasteiger partial charge >= 0.3 is 0 Å². The van der Waals surface area contributed by atoms with Gasteiger partial charge in [0.2, 0.25) is 5.91 Å². The summed E-state index contributed by atoms with van der Waals surface area (Å²) in [7, 11) is 0. The van der Waals surface area contributed by atoms with Crippen LogP contribution >= 0.6 is 0 Å². The highest BCUT2D eigenvalue weighted by Crippen LogP contribution is 2.20. The summed E-state index contributed by atoms with van der Waals surface area (Å²) in [5, 5.41) is 5.77. The van der Waals surface area contributed by atoms with Crippen molar-refractivity contribution >= 4 is 11.6 Å². The van der Waals surface area contributed by atoms with E-state index >= 15 is 0 Å². The fraction of sp³-hybridized carbons (Fsp3) is 0.312. The molecule has 112 valence electrons. The molecule has 1 unspecified atom stereocenters. The molecule has 4 nitrogen and oxygen atoms in total. The molecule has 1 amide bonds. The number of furan rings is 1. The van der Waals surface area contributed by atoms with Crippen LogP contribution in [0.3, 0.4) is 0 Å². The Morgan fingerprint density at radius 2 is 2.10 bits per heavy atom. The lowest BCUT2D eigenvalue weighted by molar-refractivity contribution is -0.115. The van der Waals surface area contributed by atoms with Crippen LogP contribution in [0.4, 0.5) is 10.1 Å². The number of anilines is 1. The molecule has 0 saturated heterocycles. The average molecular weight is 290 g/mol. The van der Waals surface area contributed by atoms with Crippen LogP contribution in [-0.2, 0) is 4.79 Å². The number of hydrogen-bond donors (Lipinski definition) is 2. The Kier molecular flexibility index (Phi) is 4.75. The van der Waals surface area contributed by atoms with Gasteiger partial charge in [0, 0.05) is 17.3 Å². The standard InChI is InChI=1S/C16H19FN2O2/c1-10-7-15(12(3)21-10)11(2)18-9-16(20)19-14-6-4-5-13(17)8-14/h4-8,11,18H,9H2,1-3H3,(H,19,20). The maximum absolute atomic E-state index is 13.0. The number of nitrogens with one attached hydrogen (secondary N) is 2. The Labute approximate surface area is 123 Å². The van der Waals surface area contributed by atoms with Crippen molar-refractivity contribution in [2.24, 2.45) is 0 Å². The highest BCUT2D eigenvalue weighted by Gasteiger charge is 2.13. The molecule has 2 rings (SSSR count). The van der Waals surface area contributed by atoms with Crippen molar-refractivity contribution in [1.82, 2.24) is 5.32 Å². The van der Waals surface area contributed by atoms with Crippen molar-refractivity contribution < 1.29 is 13.6 Å². The molecule has 1 heterocycles. The number of aryl methyl sites for hydroxylation is 2. The van der Waals surface area contributed by atoms with Gasteiger partial charge in [-0.25, -0.2) is 4.39 Å². The predicted octanol–water partition coefficient (Wildman–Crippen LogP) is 3.32. The average Bonchev–Trinajstić information content (AvgIpc) is 2.75. The molecule has 0 fully saturated rings. The predicted molar refractivity (Wildman–Crippen MR) is 79.6 cm³/mol. The van der Waals surface area contributed by atoms with Gasteiger partial charge in [-0.2, -0.15) is 0 Å². The SMILES string of the molecule is Cc1cc(C(C)NCC(=O)Nc2cccc(F)c2)c(C)o1. The largest absolute Gasteiger partial charge is 0.466 e. The molecule has 21 heavy (non-hydrogen) atoms. The van der Waals surface area contributed by atoms with Gasteiger partial charge in [0.1, 0.15) is 17.3 Å². The molecule has 1 aromatic heterocycles. The first kappa shape index (κ1) is 15.3. The summed E-state index contributed by atoms with van der Waals surface area (Å²) in [6.07, 6.45) is 0. The summed E-state index contributed by atoms with van der Waals surface area (Å²) in [4.78, 5) is 11.8. The van der Waals surface area contributed by atoms with Crippen LogP contribution in [0.1, 0.15) is 30.0 Å². The molecule has 0 radical (unpaired) electrons.